The van der Waals surface area contributed by atoms with Gasteiger partial charge in [0.2, 0.25) is 0 Å². The minimum absolute atomic E-state index is 0.880. The second-order valence-electron chi connectivity index (χ2n) is 14.0. The highest BCUT2D eigenvalue weighted by Crippen LogP contribution is 2.48. The molecule has 0 amide bonds. The summed E-state index contributed by atoms with van der Waals surface area (Å²) in [6, 6.07) is 72.3. The predicted octanol–water partition coefficient (Wildman–Crippen LogP) is 15.6. The molecule has 0 bridgehead atoms. The van der Waals surface area contributed by atoms with Crippen molar-refractivity contribution in [3.63, 3.8) is 0 Å². The van der Waals surface area contributed by atoms with Gasteiger partial charge in [-0.15, -0.1) is 11.3 Å². The first-order valence-corrected chi connectivity index (χ1v) is 19.5. The van der Waals surface area contributed by atoms with Gasteiger partial charge in [0.1, 0.15) is 11.2 Å². The van der Waals surface area contributed by atoms with E-state index in [4.69, 9.17) is 4.42 Å². The lowest BCUT2D eigenvalue weighted by Crippen LogP contribution is -2.11. The standard InChI is InChI=1S/C52H33NOS/c1-3-14-34(15-4-1)38-29-30-48(41-19-8-7-18-40(38)41)53(37-27-31-50-47(33-37)42-20-9-11-24-49(42)54-50)36-26-28-39(35-16-5-2-6-17-35)46(32-36)45-23-13-22-44-43-21-10-12-25-51(43)55-52(44)45/h1-33H. The maximum Gasteiger partial charge on any atom is 0.135 e. The topological polar surface area (TPSA) is 16.4 Å². The van der Waals surface area contributed by atoms with E-state index in [9.17, 15) is 0 Å². The molecular formula is C52H33NOS. The van der Waals surface area contributed by atoms with Crippen LogP contribution in [0.25, 0.3) is 86.3 Å². The maximum absolute atomic E-state index is 6.32. The van der Waals surface area contributed by atoms with Gasteiger partial charge >= 0.3 is 0 Å². The Balaban J connectivity index is 1.20. The Morgan fingerprint density at radius 3 is 1.76 bits per heavy atom. The lowest BCUT2D eigenvalue weighted by molar-refractivity contribution is 0.669. The van der Waals surface area contributed by atoms with Crippen LogP contribution in [0.1, 0.15) is 0 Å². The lowest BCUT2D eigenvalue weighted by atomic mass is 9.92. The van der Waals surface area contributed by atoms with E-state index in [-0.39, 0.29) is 0 Å². The Labute approximate surface area is 322 Å². The van der Waals surface area contributed by atoms with Crippen LogP contribution in [-0.4, -0.2) is 0 Å². The van der Waals surface area contributed by atoms with Crippen molar-refractivity contribution in [2.75, 3.05) is 4.90 Å². The van der Waals surface area contributed by atoms with Gasteiger partial charge in [-0.1, -0.05) is 152 Å². The first kappa shape index (κ1) is 31.6. The first-order chi connectivity index (χ1) is 27.3. The normalized spacial score (nSPS) is 11.6. The van der Waals surface area contributed by atoms with Gasteiger partial charge in [0.25, 0.3) is 0 Å². The van der Waals surface area contributed by atoms with Crippen molar-refractivity contribution < 1.29 is 4.42 Å². The Hall–Kier alpha value is -6.94. The second-order valence-corrected chi connectivity index (χ2v) is 15.1. The fourth-order valence-corrected chi connectivity index (χ4v) is 9.58. The fraction of sp³-hybridized carbons (Fsp3) is 0. The molecule has 2 heterocycles. The van der Waals surface area contributed by atoms with Crippen molar-refractivity contribution in [2.45, 2.75) is 0 Å². The molecule has 0 fully saturated rings. The van der Waals surface area contributed by atoms with E-state index >= 15 is 0 Å². The van der Waals surface area contributed by atoms with E-state index < -0.39 is 0 Å². The van der Waals surface area contributed by atoms with Gasteiger partial charge in [-0.2, -0.15) is 0 Å². The molecule has 0 aliphatic carbocycles. The summed E-state index contributed by atoms with van der Waals surface area (Å²) in [5.41, 5.74) is 12.3. The van der Waals surface area contributed by atoms with E-state index in [0.717, 1.165) is 39.0 Å². The van der Waals surface area contributed by atoms with Crippen molar-refractivity contribution in [1.82, 2.24) is 0 Å². The molecule has 0 saturated heterocycles. The molecule has 0 radical (unpaired) electrons. The predicted molar refractivity (Wildman–Crippen MR) is 235 cm³/mol. The third-order valence-electron chi connectivity index (χ3n) is 10.9. The number of hydrogen-bond donors (Lipinski definition) is 0. The molecule has 11 rings (SSSR count). The summed E-state index contributed by atoms with van der Waals surface area (Å²) in [7, 11) is 0. The number of furan rings is 1. The van der Waals surface area contributed by atoms with Crippen LogP contribution < -0.4 is 4.90 Å². The molecule has 0 atom stereocenters. The van der Waals surface area contributed by atoms with E-state index in [2.05, 4.69) is 193 Å². The van der Waals surface area contributed by atoms with Gasteiger partial charge in [0.05, 0.1) is 5.69 Å². The zero-order chi connectivity index (χ0) is 36.3. The number of rotatable bonds is 6. The largest absolute Gasteiger partial charge is 0.456 e. The Kier molecular flexibility index (Phi) is 7.39. The van der Waals surface area contributed by atoms with Crippen molar-refractivity contribution in [3.8, 4) is 33.4 Å². The maximum atomic E-state index is 6.32. The fourth-order valence-electron chi connectivity index (χ4n) is 8.35. The average Bonchev–Trinajstić information content (AvgIpc) is 3.83. The molecule has 3 heteroatoms. The minimum atomic E-state index is 0.880. The van der Waals surface area contributed by atoms with Crippen LogP contribution in [0, 0.1) is 0 Å². The Morgan fingerprint density at radius 1 is 0.345 bits per heavy atom. The summed E-state index contributed by atoms with van der Waals surface area (Å²) in [5, 5.41) is 7.19. The number of hydrogen-bond acceptors (Lipinski definition) is 3. The van der Waals surface area contributed by atoms with Crippen LogP contribution in [0.3, 0.4) is 0 Å². The van der Waals surface area contributed by atoms with Crippen LogP contribution in [0.2, 0.25) is 0 Å². The molecule has 0 saturated carbocycles. The van der Waals surface area contributed by atoms with Gasteiger partial charge in [-0.3, -0.25) is 0 Å². The number of thiophene rings is 1. The van der Waals surface area contributed by atoms with E-state index in [1.165, 1.54) is 64.3 Å². The highest BCUT2D eigenvalue weighted by molar-refractivity contribution is 7.26. The van der Waals surface area contributed by atoms with Crippen molar-refractivity contribution in [3.05, 3.63) is 200 Å². The molecule has 0 unspecified atom stereocenters. The zero-order valence-electron chi connectivity index (χ0n) is 29.8. The zero-order valence-corrected chi connectivity index (χ0v) is 30.6. The van der Waals surface area contributed by atoms with Crippen LogP contribution in [0.4, 0.5) is 17.1 Å². The first-order valence-electron chi connectivity index (χ1n) is 18.7. The molecule has 0 aliphatic rings. The van der Waals surface area contributed by atoms with Crippen molar-refractivity contribution in [2.24, 2.45) is 0 Å². The van der Waals surface area contributed by atoms with Crippen LogP contribution in [0.15, 0.2) is 205 Å². The summed E-state index contributed by atoms with van der Waals surface area (Å²) < 4.78 is 8.92. The molecule has 11 aromatic rings. The number of fused-ring (bicyclic) bond motifs is 7. The molecule has 2 aromatic heterocycles. The van der Waals surface area contributed by atoms with Crippen molar-refractivity contribution in [1.29, 1.82) is 0 Å². The molecule has 0 aliphatic heterocycles. The summed E-state index contributed by atoms with van der Waals surface area (Å²) >= 11 is 1.87. The summed E-state index contributed by atoms with van der Waals surface area (Å²) in [6.45, 7) is 0. The summed E-state index contributed by atoms with van der Waals surface area (Å²) in [4.78, 5) is 2.43. The molecule has 2 nitrogen and oxygen atoms in total. The van der Waals surface area contributed by atoms with Gasteiger partial charge in [0.15, 0.2) is 0 Å². The van der Waals surface area contributed by atoms with Gasteiger partial charge < -0.3 is 9.32 Å². The molecule has 55 heavy (non-hydrogen) atoms. The third-order valence-corrected chi connectivity index (χ3v) is 12.1. The SMILES string of the molecule is c1ccc(-c2ccc(N(c3ccc4oc5ccccc5c4c3)c3ccc(-c4ccccc4)c4ccccc34)cc2-c2cccc3c2sc2ccccc23)cc1. The Morgan fingerprint density at radius 2 is 0.945 bits per heavy atom. The molecular weight excluding hydrogens is 687 g/mol. The monoisotopic (exact) mass is 719 g/mol. The average molecular weight is 720 g/mol. The molecule has 0 N–H and O–H groups in total. The molecule has 0 spiro atoms. The minimum Gasteiger partial charge on any atom is -0.456 e. The number of anilines is 3. The van der Waals surface area contributed by atoms with Gasteiger partial charge in [0, 0.05) is 53.3 Å². The van der Waals surface area contributed by atoms with Crippen LogP contribution in [-0.2, 0) is 0 Å². The van der Waals surface area contributed by atoms with Crippen LogP contribution in [0.5, 0.6) is 0 Å². The van der Waals surface area contributed by atoms with Crippen molar-refractivity contribution >= 4 is 81.3 Å². The Bertz CT molecular complexity index is 3210. The van der Waals surface area contributed by atoms with Gasteiger partial charge in [-0.05, 0) is 81.7 Å². The summed E-state index contributed by atoms with van der Waals surface area (Å²) in [5.74, 6) is 0. The molecule has 258 valence electrons. The summed E-state index contributed by atoms with van der Waals surface area (Å²) in [6.07, 6.45) is 0. The van der Waals surface area contributed by atoms with Gasteiger partial charge in [-0.25, -0.2) is 0 Å². The lowest BCUT2D eigenvalue weighted by Gasteiger charge is -2.28. The molecule has 9 aromatic carbocycles. The second kappa shape index (κ2) is 12.9. The smallest absolute Gasteiger partial charge is 0.135 e. The highest BCUT2D eigenvalue weighted by atomic mass is 32.1. The van der Waals surface area contributed by atoms with E-state index in [0.29, 0.717) is 0 Å². The highest BCUT2D eigenvalue weighted by Gasteiger charge is 2.22. The van der Waals surface area contributed by atoms with E-state index in [1.54, 1.807) is 0 Å². The van der Waals surface area contributed by atoms with Crippen LogP contribution >= 0.6 is 11.3 Å². The number of para-hydroxylation sites is 1. The quantitative estimate of drug-likeness (QED) is 0.170. The number of nitrogens with zero attached hydrogens (tertiary/aromatic N) is 1. The third kappa shape index (κ3) is 5.24. The van der Waals surface area contributed by atoms with E-state index in [1.807, 2.05) is 23.5 Å². The number of benzene rings is 9.